The Morgan fingerprint density at radius 3 is 2.57 bits per heavy atom. The van der Waals surface area contributed by atoms with E-state index < -0.39 is 0 Å². The van der Waals surface area contributed by atoms with E-state index in [0.29, 0.717) is 18.0 Å². The maximum atomic E-state index is 11.9. The molecule has 110 valence electrons. The van der Waals surface area contributed by atoms with Crippen LogP contribution in [0.2, 0.25) is 5.15 Å². The molecule has 7 heteroatoms. The van der Waals surface area contributed by atoms with Crippen molar-refractivity contribution < 1.29 is 14.3 Å². The minimum atomic E-state index is -0.325. The highest BCUT2D eigenvalue weighted by molar-refractivity contribution is 6.29. The minimum absolute atomic E-state index is 0.208. The molecule has 0 fully saturated rings. The van der Waals surface area contributed by atoms with Crippen molar-refractivity contribution in [3.05, 3.63) is 47.0 Å². The fourth-order valence-corrected chi connectivity index (χ4v) is 1.79. The number of hydrogen-bond acceptors (Lipinski definition) is 5. The second-order valence-electron chi connectivity index (χ2n) is 4.10. The number of methoxy groups -OCH3 is 2. The second-order valence-corrected chi connectivity index (χ2v) is 4.48. The Balaban J connectivity index is 2.02. The molecule has 0 bridgehead atoms. The molecule has 0 saturated heterocycles. The highest BCUT2D eigenvalue weighted by Crippen LogP contribution is 2.27. The highest BCUT2D eigenvalue weighted by Gasteiger charge is 2.09. The first kappa shape index (κ1) is 15.1. The third-order valence-electron chi connectivity index (χ3n) is 2.75. The summed E-state index contributed by atoms with van der Waals surface area (Å²) >= 11 is 5.62. The zero-order valence-corrected chi connectivity index (χ0v) is 12.3. The molecule has 1 heterocycles. The lowest BCUT2D eigenvalue weighted by atomic mass is 10.2. The van der Waals surface area contributed by atoms with E-state index in [-0.39, 0.29) is 16.8 Å². The molecular weight excluding hydrogens is 294 g/mol. The smallest absolute Gasteiger partial charge is 0.271 e. The van der Waals surface area contributed by atoms with Gasteiger partial charge in [-0.25, -0.2) is 9.97 Å². The molecule has 0 aliphatic rings. The van der Waals surface area contributed by atoms with Crippen molar-refractivity contribution in [1.82, 2.24) is 15.3 Å². The monoisotopic (exact) mass is 307 g/mol. The van der Waals surface area contributed by atoms with E-state index in [9.17, 15) is 4.79 Å². The van der Waals surface area contributed by atoms with Crippen LogP contribution in [0.3, 0.4) is 0 Å². The number of aromatic nitrogens is 2. The number of carbonyl (C=O) groups is 1. The third kappa shape index (κ3) is 3.82. The van der Waals surface area contributed by atoms with Crippen molar-refractivity contribution in [2.24, 2.45) is 0 Å². The first-order valence-corrected chi connectivity index (χ1v) is 6.48. The lowest BCUT2D eigenvalue weighted by Crippen LogP contribution is -2.23. The van der Waals surface area contributed by atoms with Gasteiger partial charge in [-0.05, 0) is 17.7 Å². The maximum absolute atomic E-state index is 11.9. The van der Waals surface area contributed by atoms with E-state index >= 15 is 0 Å². The number of hydrogen-bond donors (Lipinski definition) is 1. The molecule has 1 N–H and O–H groups in total. The Labute approximate surface area is 127 Å². The van der Waals surface area contributed by atoms with Crippen LogP contribution >= 0.6 is 11.6 Å². The minimum Gasteiger partial charge on any atom is -0.493 e. The molecule has 2 rings (SSSR count). The van der Waals surface area contributed by atoms with Crippen molar-refractivity contribution in [3.63, 3.8) is 0 Å². The van der Waals surface area contributed by atoms with E-state index in [0.717, 1.165) is 5.56 Å². The van der Waals surface area contributed by atoms with Gasteiger partial charge < -0.3 is 14.8 Å². The average molecular weight is 308 g/mol. The van der Waals surface area contributed by atoms with E-state index in [1.54, 1.807) is 26.4 Å². The fourth-order valence-electron chi connectivity index (χ4n) is 1.69. The Bertz CT molecular complexity index is 632. The van der Waals surface area contributed by atoms with Gasteiger partial charge in [-0.1, -0.05) is 17.7 Å². The molecule has 1 amide bonds. The number of halogens is 1. The van der Waals surface area contributed by atoms with Crippen LogP contribution in [0.5, 0.6) is 11.5 Å². The summed E-state index contributed by atoms with van der Waals surface area (Å²) in [5, 5.41) is 2.98. The number of nitrogens with one attached hydrogen (secondary N) is 1. The SMILES string of the molecule is COc1ccc(CNC(=O)c2cnc(Cl)cn2)cc1OC. The molecule has 0 atom stereocenters. The summed E-state index contributed by atoms with van der Waals surface area (Å²) in [7, 11) is 3.13. The van der Waals surface area contributed by atoms with Gasteiger partial charge >= 0.3 is 0 Å². The Morgan fingerprint density at radius 2 is 1.95 bits per heavy atom. The highest BCUT2D eigenvalue weighted by atomic mass is 35.5. The number of ether oxygens (including phenoxy) is 2. The van der Waals surface area contributed by atoms with Crippen LogP contribution in [0.4, 0.5) is 0 Å². The van der Waals surface area contributed by atoms with Gasteiger partial charge in [0.2, 0.25) is 0 Å². The molecule has 0 saturated carbocycles. The van der Waals surface area contributed by atoms with Gasteiger partial charge in [-0.3, -0.25) is 4.79 Å². The zero-order chi connectivity index (χ0) is 15.2. The summed E-state index contributed by atoms with van der Waals surface area (Å²) in [4.78, 5) is 19.6. The van der Waals surface area contributed by atoms with E-state index in [1.165, 1.54) is 12.4 Å². The van der Waals surface area contributed by atoms with Crippen LogP contribution < -0.4 is 14.8 Å². The maximum Gasteiger partial charge on any atom is 0.271 e. The molecular formula is C14H14ClN3O3. The van der Waals surface area contributed by atoms with Gasteiger partial charge in [0, 0.05) is 6.54 Å². The van der Waals surface area contributed by atoms with Crippen LogP contribution in [0.15, 0.2) is 30.6 Å². The summed E-state index contributed by atoms with van der Waals surface area (Å²) in [6.45, 7) is 0.337. The van der Waals surface area contributed by atoms with Crippen molar-refractivity contribution in [1.29, 1.82) is 0 Å². The summed E-state index contributed by atoms with van der Waals surface area (Å²) < 4.78 is 10.4. The normalized spacial score (nSPS) is 10.0. The average Bonchev–Trinajstić information content (AvgIpc) is 2.52. The van der Waals surface area contributed by atoms with Crippen molar-refractivity contribution in [2.75, 3.05) is 14.2 Å². The van der Waals surface area contributed by atoms with Crippen molar-refractivity contribution >= 4 is 17.5 Å². The van der Waals surface area contributed by atoms with Gasteiger partial charge in [0.25, 0.3) is 5.91 Å². The van der Waals surface area contributed by atoms with Crippen LogP contribution in [0.25, 0.3) is 0 Å². The number of rotatable bonds is 5. The Hall–Kier alpha value is -2.34. The molecule has 1 aromatic carbocycles. The van der Waals surface area contributed by atoms with E-state index in [4.69, 9.17) is 21.1 Å². The van der Waals surface area contributed by atoms with E-state index in [2.05, 4.69) is 15.3 Å². The quantitative estimate of drug-likeness (QED) is 0.915. The molecule has 6 nitrogen and oxygen atoms in total. The van der Waals surface area contributed by atoms with Gasteiger partial charge in [0.15, 0.2) is 11.5 Å². The predicted octanol–water partition coefficient (Wildman–Crippen LogP) is 2.08. The molecule has 0 aliphatic carbocycles. The van der Waals surface area contributed by atoms with E-state index in [1.807, 2.05) is 6.07 Å². The van der Waals surface area contributed by atoms with Crippen LogP contribution in [-0.4, -0.2) is 30.1 Å². The van der Waals surface area contributed by atoms with Gasteiger partial charge in [0.1, 0.15) is 10.8 Å². The van der Waals surface area contributed by atoms with Gasteiger partial charge in [0.05, 0.1) is 26.6 Å². The molecule has 0 unspecified atom stereocenters. The number of nitrogens with zero attached hydrogens (tertiary/aromatic N) is 2. The molecule has 21 heavy (non-hydrogen) atoms. The number of amides is 1. The molecule has 2 aromatic rings. The van der Waals surface area contributed by atoms with Crippen LogP contribution in [0, 0.1) is 0 Å². The molecule has 0 aliphatic heterocycles. The van der Waals surface area contributed by atoms with Gasteiger partial charge in [-0.2, -0.15) is 0 Å². The van der Waals surface area contributed by atoms with Crippen molar-refractivity contribution in [2.45, 2.75) is 6.54 Å². The fraction of sp³-hybridized carbons (Fsp3) is 0.214. The summed E-state index contributed by atoms with van der Waals surface area (Å²) in [5.74, 6) is 0.917. The third-order valence-corrected chi connectivity index (χ3v) is 2.95. The van der Waals surface area contributed by atoms with Crippen LogP contribution in [-0.2, 0) is 6.54 Å². The number of benzene rings is 1. The predicted molar refractivity (Wildman–Crippen MR) is 77.8 cm³/mol. The molecule has 0 spiro atoms. The Kier molecular flexibility index (Phi) is 4.94. The summed E-state index contributed by atoms with van der Waals surface area (Å²) in [5.41, 5.74) is 1.09. The first-order chi connectivity index (χ1) is 10.1. The lowest BCUT2D eigenvalue weighted by Gasteiger charge is -2.10. The standard InChI is InChI=1S/C14H14ClN3O3/c1-20-11-4-3-9(5-12(11)21-2)6-18-14(19)10-7-17-13(15)8-16-10/h3-5,7-8H,6H2,1-2H3,(H,18,19). The Morgan fingerprint density at radius 1 is 1.19 bits per heavy atom. The largest absolute Gasteiger partial charge is 0.493 e. The van der Waals surface area contributed by atoms with Gasteiger partial charge in [-0.15, -0.1) is 0 Å². The van der Waals surface area contributed by atoms with Crippen LogP contribution in [0.1, 0.15) is 16.1 Å². The summed E-state index contributed by atoms with van der Waals surface area (Å²) in [6, 6.07) is 5.42. The zero-order valence-electron chi connectivity index (χ0n) is 11.6. The lowest BCUT2D eigenvalue weighted by molar-refractivity contribution is 0.0945. The second kappa shape index (κ2) is 6.90. The first-order valence-electron chi connectivity index (χ1n) is 6.10. The molecule has 1 aromatic heterocycles. The number of carbonyl (C=O) groups excluding carboxylic acids is 1. The summed E-state index contributed by atoms with van der Waals surface area (Å²) in [6.07, 6.45) is 2.65. The topological polar surface area (TPSA) is 73.3 Å². The molecule has 0 radical (unpaired) electrons. The van der Waals surface area contributed by atoms with Crippen molar-refractivity contribution in [3.8, 4) is 11.5 Å².